The summed E-state index contributed by atoms with van der Waals surface area (Å²) in [6.45, 7) is 2.00. The fourth-order valence-electron chi connectivity index (χ4n) is 2.84. The Morgan fingerprint density at radius 3 is 2.57 bits per heavy atom. The summed E-state index contributed by atoms with van der Waals surface area (Å²) in [5.74, 6) is -0.549. The molecule has 1 aromatic heterocycles. The highest BCUT2D eigenvalue weighted by atomic mass is 32.1. The normalized spacial score (nSPS) is 18.7. The topological polar surface area (TPSA) is 78.4 Å². The lowest BCUT2D eigenvalue weighted by molar-refractivity contribution is -0.139. The molecule has 0 spiro atoms. The van der Waals surface area contributed by atoms with E-state index in [1.54, 1.807) is 17.5 Å². The summed E-state index contributed by atoms with van der Waals surface area (Å²) in [7, 11) is 0. The minimum Gasteiger partial charge on any atom is -0.479 e. The monoisotopic (exact) mass is 310 g/mol. The van der Waals surface area contributed by atoms with Gasteiger partial charge in [-0.15, -0.1) is 11.3 Å². The summed E-state index contributed by atoms with van der Waals surface area (Å²) in [4.78, 5) is 23.9. The van der Waals surface area contributed by atoms with Gasteiger partial charge in [0.2, 0.25) is 0 Å². The van der Waals surface area contributed by atoms with Gasteiger partial charge in [-0.25, -0.2) is 9.59 Å². The molecule has 2 atom stereocenters. The molecule has 5 nitrogen and oxygen atoms in total. The molecule has 1 aliphatic rings. The van der Waals surface area contributed by atoms with E-state index in [0.29, 0.717) is 10.8 Å². The zero-order chi connectivity index (χ0) is 15.2. The number of nitrogens with one attached hydrogen (secondary N) is 2. The van der Waals surface area contributed by atoms with Crippen molar-refractivity contribution >= 4 is 23.3 Å². The Bertz CT molecular complexity index is 469. The molecule has 1 aromatic rings. The second-order valence-corrected chi connectivity index (χ2v) is 6.57. The van der Waals surface area contributed by atoms with Gasteiger partial charge in [-0.1, -0.05) is 25.3 Å². The zero-order valence-corrected chi connectivity index (χ0v) is 13.0. The van der Waals surface area contributed by atoms with Crippen molar-refractivity contribution in [3.8, 4) is 0 Å². The van der Waals surface area contributed by atoms with Crippen LogP contribution in [0.1, 0.15) is 49.9 Å². The third-order valence-corrected chi connectivity index (χ3v) is 5.00. The van der Waals surface area contributed by atoms with Gasteiger partial charge < -0.3 is 15.7 Å². The van der Waals surface area contributed by atoms with Gasteiger partial charge in [-0.05, 0) is 37.1 Å². The summed E-state index contributed by atoms with van der Waals surface area (Å²) in [5.41, 5.74) is 0. The van der Waals surface area contributed by atoms with Gasteiger partial charge in [0, 0.05) is 10.9 Å². The molecule has 1 fully saturated rings. The van der Waals surface area contributed by atoms with Crippen molar-refractivity contribution in [1.29, 1.82) is 0 Å². The van der Waals surface area contributed by atoms with Crippen LogP contribution in [0.15, 0.2) is 17.5 Å². The maximum Gasteiger partial charge on any atom is 0.331 e. The summed E-state index contributed by atoms with van der Waals surface area (Å²) >= 11 is 1.32. The first-order valence-electron chi connectivity index (χ1n) is 7.41. The van der Waals surface area contributed by atoms with Crippen molar-refractivity contribution in [1.82, 2.24) is 10.6 Å². The van der Waals surface area contributed by atoms with E-state index in [9.17, 15) is 14.7 Å². The Kier molecular flexibility index (Phi) is 5.61. The first-order valence-corrected chi connectivity index (χ1v) is 8.29. The molecule has 0 bridgehead atoms. The van der Waals surface area contributed by atoms with Crippen molar-refractivity contribution in [2.24, 2.45) is 5.92 Å². The molecule has 6 heteroatoms. The first-order chi connectivity index (χ1) is 10.1. The van der Waals surface area contributed by atoms with Gasteiger partial charge in [0.05, 0.1) is 0 Å². The molecule has 0 aliphatic heterocycles. The standard InChI is InChI=1S/C15H22N2O3S/c1-10(11-6-3-2-4-7-11)16-15(20)17-13(14(18)19)12-8-5-9-21-12/h5,8-11,13H,2-4,6-7H2,1H3,(H,18,19)(H2,16,17,20). The minimum absolute atomic E-state index is 0.0723. The summed E-state index contributed by atoms with van der Waals surface area (Å²) in [5, 5.41) is 16.5. The number of carbonyl (C=O) groups excluding carboxylic acids is 1. The molecule has 21 heavy (non-hydrogen) atoms. The Morgan fingerprint density at radius 1 is 1.29 bits per heavy atom. The lowest BCUT2D eigenvalue weighted by Gasteiger charge is -2.28. The van der Waals surface area contributed by atoms with Gasteiger partial charge in [-0.3, -0.25) is 0 Å². The number of rotatable bonds is 5. The van der Waals surface area contributed by atoms with Crippen molar-refractivity contribution in [3.05, 3.63) is 22.4 Å². The highest BCUT2D eigenvalue weighted by Gasteiger charge is 2.25. The number of hydrogen-bond donors (Lipinski definition) is 3. The maximum absolute atomic E-state index is 12.0. The third kappa shape index (κ3) is 4.46. The summed E-state index contributed by atoms with van der Waals surface area (Å²) in [6, 6.07) is 2.18. The number of amides is 2. The second kappa shape index (κ2) is 7.45. The summed E-state index contributed by atoms with van der Waals surface area (Å²) in [6.07, 6.45) is 5.97. The van der Waals surface area contributed by atoms with Gasteiger partial charge in [-0.2, -0.15) is 0 Å². The lowest BCUT2D eigenvalue weighted by Crippen LogP contribution is -2.46. The zero-order valence-electron chi connectivity index (χ0n) is 12.2. The molecule has 1 saturated carbocycles. The molecule has 1 heterocycles. The van der Waals surface area contributed by atoms with Gasteiger partial charge in [0.25, 0.3) is 0 Å². The van der Waals surface area contributed by atoms with Crippen LogP contribution in [0.5, 0.6) is 0 Å². The van der Waals surface area contributed by atoms with Gasteiger partial charge in [0.15, 0.2) is 6.04 Å². The van der Waals surface area contributed by atoms with Crippen LogP contribution in [-0.4, -0.2) is 23.1 Å². The molecule has 2 amide bonds. The van der Waals surface area contributed by atoms with Crippen LogP contribution < -0.4 is 10.6 Å². The molecule has 116 valence electrons. The average Bonchev–Trinajstić information content (AvgIpc) is 2.99. The van der Waals surface area contributed by atoms with Crippen LogP contribution in [-0.2, 0) is 4.79 Å². The van der Waals surface area contributed by atoms with Crippen LogP contribution in [0.4, 0.5) is 4.79 Å². The third-order valence-electron chi connectivity index (χ3n) is 4.07. The van der Waals surface area contributed by atoms with Crippen LogP contribution in [0, 0.1) is 5.92 Å². The number of carboxylic acids is 1. The fraction of sp³-hybridized carbons (Fsp3) is 0.600. The van der Waals surface area contributed by atoms with E-state index >= 15 is 0 Å². The van der Waals surface area contributed by atoms with Crippen LogP contribution in [0.2, 0.25) is 0 Å². The number of aliphatic carboxylic acids is 1. The largest absolute Gasteiger partial charge is 0.479 e. The number of urea groups is 1. The lowest BCUT2D eigenvalue weighted by atomic mass is 9.85. The predicted octanol–water partition coefficient (Wildman–Crippen LogP) is 3.14. The van der Waals surface area contributed by atoms with Crippen LogP contribution in [0.25, 0.3) is 0 Å². The number of carboxylic acid groups (broad SMARTS) is 1. The first kappa shape index (κ1) is 15.8. The number of hydrogen-bond acceptors (Lipinski definition) is 3. The Balaban J connectivity index is 1.88. The average molecular weight is 310 g/mol. The second-order valence-electron chi connectivity index (χ2n) is 5.59. The van der Waals surface area contributed by atoms with Crippen LogP contribution >= 0.6 is 11.3 Å². The Morgan fingerprint density at radius 2 is 2.00 bits per heavy atom. The van der Waals surface area contributed by atoms with E-state index in [1.807, 2.05) is 6.92 Å². The predicted molar refractivity (Wildman–Crippen MR) is 82.4 cm³/mol. The SMILES string of the molecule is CC(NC(=O)NC(C(=O)O)c1cccs1)C1CCCCC1. The highest BCUT2D eigenvalue weighted by molar-refractivity contribution is 7.10. The molecule has 3 N–H and O–H groups in total. The molecule has 2 rings (SSSR count). The van der Waals surface area contributed by atoms with E-state index in [4.69, 9.17) is 0 Å². The number of thiophene rings is 1. The molecule has 0 saturated heterocycles. The molecular weight excluding hydrogens is 288 g/mol. The van der Waals surface area contributed by atoms with Gasteiger partial charge in [0.1, 0.15) is 0 Å². The molecular formula is C15H22N2O3S. The Labute approximate surface area is 128 Å². The van der Waals surface area contributed by atoms with E-state index in [1.165, 1.54) is 30.6 Å². The van der Waals surface area contributed by atoms with Crippen molar-refractivity contribution in [2.75, 3.05) is 0 Å². The van der Waals surface area contributed by atoms with Crippen molar-refractivity contribution in [2.45, 2.75) is 51.1 Å². The minimum atomic E-state index is -1.04. The van der Waals surface area contributed by atoms with E-state index < -0.39 is 18.0 Å². The van der Waals surface area contributed by atoms with Crippen molar-refractivity contribution in [3.63, 3.8) is 0 Å². The molecule has 1 aliphatic carbocycles. The quantitative estimate of drug-likeness (QED) is 0.781. The molecule has 2 unspecified atom stereocenters. The van der Waals surface area contributed by atoms with Gasteiger partial charge >= 0.3 is 12.0 Å². The molecule has 0 aromatic carbocycles. The maximum atomic E-state index is 12.0. The van der Waals surface area contributed by atoms with Crippen LogP contribution in [0.3, 0.4) is 0 Å². The van der Waals surface area contributed by atoms with Crippen molar-refractivity contribution < 1.29 is 14.7 Å². The highest BCUT2D eigenvalue weighted by Crippen LogP contribution is 2.26. The Hall–Kier alpha value is -1.56. The summed E-state index contributed by atoms with van der Waals surface area (Å²) < 4.78 is 0. The van der Waals surface area contributed by atoms with E-state index in [-0.39, 0.29) is 6.04 Å². The molecule has 0 radical (unpaired) electrons. The van der Waals surface area contributed by atoms with E-state index in [2.05, 4.69) is 10.6 Å². The fourth-order valence-corrected chi connectivity index (χ4v) is 3.61. The smallest absolute Gasteiger partial charge is 0.331 e. The number of carbonyl (C=O) groups is 2. The van der Waals surface area contributed by atoms with E-state index in [0.717, 1.165) is 12.8 Å².